The number of nitrogens with zero attached hydrogens (tertiary/aromatic N) is 3. The summed E-state index contributed by atoms with van der Waals surface area (Å²) >= 11 is 0. The number of anilines is 1. The van der Waals surface area contributed by atoms with Crippen molar-refractivity contribution in [2.75, 3.05) is 66.0 Å². The number of esters is 1. The molecule has 300 valence electrons. The van der Waals surface area contributed by atoms with E-state index in [1.54, 1.807) is 14.2 Å². The minimum absolute atomic E-state index is 0.0320. The Kier molecular flexibility index (Phi) is 8.55. The topological polar surface area (TPSA) is 108 Å². The van der Waals surface area contributed by atoms with Crippen molar-refractivity contribution >= 4 is 28.3 Å². The molecule has 0 radical (unpaired) electrons. The molecule has 6 aliphatic rings. The first-order chi connectivity index (χ1) is 26.7. The number of hydrogen-bond donors (Lipinski definition) is 2. The summed E-state index contributed by atoms with van der Waals surface area (Å²) in [7, 11) is 6.84. The van der Waals surface area contributed by atoms with Crippen molar-refractivity contribution in [2.24, 2.45) is 22.7 Å². The lowest BCUT2D eigenvalue weighted by Gasteiger charge is -2.64. The number of carbonyl (C=O) groups is 2. The molecule has 6 heterocycles. The van der Waals surface area contributed by atoms with Crippen molar-refractivity contribution in [1.82, 2.24) is 14.8 Å². The van der Waals surface area contributed by atoms with E-state index in [0.29, 0.717) is 24.5 Å². The molecule has 1 aromatic heterocycles. The summed E-state index contributed by atoms with van der Waals surface area (Å²) in [6.45, 7) is 15.1. The first kappa shape index (κ1) is 37.9. The second-order valence-electron chi connectivity index (χ2n) is 18.8. The number of aromatic nitrogens is 1. The molecule has 0 amide bonds. The number of aromatic amines is 1. The maximum absolute atomic E-state index is 15.4. The number of piperidine rings is 1. The molecule has 1 aliphatic carbocycles. The zero-order chi connectivity index (χ0) is 39.7. The average Bonchev–Trinajstić information content (AvgIpc) is 3.85. The van der Waals surface area contributed by atoms with E-state index >= 15 is 4.79 Å². The minimum Gasteiger partial charge on any atom is -0.496 e. The second kappa shape index (κ2) is 12.6. The molecule has 3 fully saturated rings. The van der Waals surface area contributed by atoms with Crippen molar-refractivity contribution < 1.29 is 28.9 Å². The number of ketones is 1. The molecular weight excluding hydrogens is 705 g/mol. The van der Waals surface area contributed by atoms with Crippen LogP contribution in [0, 0.1) is 22.7 Å². The van der Waals surface area contributed by atoms with Crippen LogP contribution >= 0.6 is 0 Å². The normalized spacial score (nSPS) is 38.1. The summed E-state index contributed by atoms with van der Waals surface area (Å²) in [4.78, 5) is 40.7. The van der Waals surface area contributed by atoms with Crippen molar-refractivity contribution in [3.63, 3.8) is 0 Å². The molecule has 1 spiro atoms. The fourth-order valence-electron chi connectivity index (χ4n) is 13.7. The van der Waals surface area contributed by atoms with Crippen molar-refractivity contribution in [3.05, 3.63) is 70.9 Å². The number of Topliss-reactive ketones (excluding diaryl/α,β-unsaturated/α-hetero) is 1. The minimum atomic E-state index is -1.82. The summed E-state index contributed by atoms with van der Waals surface area (Å²) in [5.74, 6) is 0.468. The number of hydrogen-bond acceptors (Lipinski definition) is 9. The van der Waals surface area contributed by atoms with Crippen LogP contribution in [0.5, 0.6) is 5.75 Å². The monoisotopic (exact) mass is 764 g/mol. The van der Waals surface area contributed by atoms with Crippen molar-refractivity contribution in [3.8, 4) is 5.75 Å². The molecule has 3 aromatic rings. The van der Waals surface area contributed by atoms with Crippen LogP contribution in [0.1, 0.15) is 76.3 Å². The summed E-state index contributed by atoms with van der Waals surface area (Å²) in [6, 6.07) is 12.1. The Morgan fingerprint density at radius 1 is 1.05 bits per heavy atom. The largest absolute Gasteiger partial charge is 0.496 e. The second-order valence-corrected chi connectivity index (χ2v) is 18.8. The lowest BCUT2D eigenvalue weighted by molar-refractivity contribution is -0.208. The smallest absolute Gasteiger partial charge is 0.322 e. The first-order valence-corrected chi connectivity index (χ1v) is 20.8. The Balaban J connectivity index is 1.38. The van der Waals surface area contributed by atoms with E-state index in [-0.39, 0.29) is 29.1 Å². The quantitative estimate of drug-likeness (QED) is 0.245. The van der Waals surface area contributed by atoms with Gasteiger partial charge in [0, 0.05) is 91.1 Å². The van der Waals surface area contributed by atoms with Gasteiger partial charge in [-0.25, -0.2) is 0 Å². The van der Waals surface area contributed by atoms with Gasteiger partial charge in [-0.3, -0.25) is 14.5 Å². The van der Waals surface area contributed by atoms with Gasteiger partial charge < -0.3 is 34.1 Å². The fraction of sp³-hybridized carbons (Fsp3) is 0.609. The first-order valence-electron chi connectivity index (χ1n) is 20.8. The number of aliphatic hydroxyl groups is 1. The number of para-hydroxylation sites is 1. The lowest BCUT2D eigenvalue weighted by atomic mass is 9.47. The Morgan fingerprint density at radius 2 is 1.82 bits per heavy atom. The number of rotatable bonds is 6. The van der Waals surface area contributed by atoms with Crippen LogP contribution in [-0.2, 0) is 36.3 Å². The van der Waals surface area contributed by atoms with Crippen LogP contribution in [0.2, 0.25) is 0 Å². The highest BCUT2D eigenvalue weighted by Gasteiger charge is 2.78. The number of H-pyrrole nitrogens is 1. The van der Waals surface area contributed by atoms with E-state index in [4.69, 9.17) is 14.2 Å². The van der Waals surface area contributed by atoms with Crippen molar-refractivity contribution in [1.29, 1.82) is 0 Å². The summed E-state index contributed by atoms with van der Waals surface area (Å²) in [5.41, 5.74) is 1.39. The Morgan fingerprint density at radius 3 is 2.52 bits per heavy atom. The number of likely N-dealkylation sites (N-methyl/N-ethyl adjacent to an activating group) is 1. The standard InChI is InChI=1S/C46H60N4O6/c1-10-43-17-13-19-50-21-18-44(38(43)50)32-22-33(36(54-7)23-35(32)48(6)39(44)46(53,28(3)51)40(43)55-8)45(41(52)56-9)24-29-25-49(26-42(4,5)27(29)2)20-16-31-30-14-11-12-15-34(30)47-37(31)45/h11-15,17,22-23,27,29,38-40,47,53H,10,16,18-21,24-26H2,1-9H3/t27-,29?,38?,39?,40?,43?,44?,45?,46?/m1/s1. The van der Waals surface area contributed by atoms with Crippen LogP contribution in [0.3, 0.4) is 0 Å². The molecule has 9 rings (SSSR count). The van der Waals surface area contributed by atoms with Gasteiger partial charge in [-0.1, -0.05) is 58.0 Å². The Hall–Kier alpha value is -3.70. The molecule has 56 heavy (non-hydrogen) atoms. The van der Waals surface area contributed by atoms with Crippen molar-refractivity contribution in [2.45, 2.75) is 94.9 Å². The highest BCUT2D eigenvalue weighted by atomic mass is 16.5. The molecule has 2 bridgehead atoms. The number of fused-ring (bicyclic) bond motifs is 6. The van der Waals surface area contributed by atoms with Gasteiger partial charge in [-0.15, -0.1) is 0 Å². The Labute approximate surface area is 331 Å². The summed E-state index contributed by atoms with van der Waals surface area (Å²) in [5, 5.41) is 14.3. The highest BCUT2D eigenvalue weighted by molar-refractivity contribution is 5.95. The van der Waals surface area contributed by atoms with E-state index in [0.717, 1.165) is 84.5 Å². The number of carbonyl (C=O) groups excluding carboxylic acids is 2. The van der Waals surface area contributed by atoms with Gasteiger partial charge in [0.1, 0.15) is 17.3 Å². The molecule has 2 saturated heterocycles. The number of benzene rings is 2. The molecule has 2 aromatic carbocycles. The van der Waals surface area contributed by atoms with E-state index in [1.165, 1.54) is 14.0 Å². The van der Waals surface area contributed by atoms with E-state index in [1.807, 2.05) is 13.1 Å². The third kappa shape index (κ3) is 4.53. The molecule has 10 atom stereocenters. The van der Waals surface area contributed by atoms with Gasteiger partial charge in [0.05, 0.1) is 20.3 Å². The summed E-state index contributed by atoms with van der Waals surface area (Å²) < 4.78 is 18.8. The molecule has 10 nitrogen and oxygen atoms in total. The third-order valence-corrected chi connectivity index (χ3v) is 16.3. The number of nitrogens with one attached hydrogen (secondary N) is 1. The molecule has 9 unspecified atom stereocenters. The number of methoxy groups -OCH3 is 3. The van der Waals surface area contributed by atoms with Gasteiger partial charge in [-0.2, -0.15) is 0 Å². The molecule has 1 saturated carbocycles. The highest BCUT2D eigenvalue weighted by Crippen LogP contribution is 2.68. The van der Waals surface area contributed by atoms with Gasteiger partial charge >= 0.3 is 5.97 Å². The zero-order valence-electron chi connectivity index (χ0n) is 34.7. The van der Waals surface area contributed by atoms with Crippen LogP contribution < -0.4 is 9.64 Å². The van der Waals surface area contributed by atoms with Gasteiger partial charge in [0.2, 0.25) is 0 Å². The molecular formula is C46H60N4O6. The van der Waals surface area contributed by atoms with E-state index < -0.39 is 34.0 Å². The zero-order valence-corrected chi connectivity index (χ0v) is 34.7. The lowest BCUT2D eigenvalue weighted by Crippen LogP contribution is -2.80. The molecule has 5 aliphatic heterocycles. The van der Waals surface area contributed by atoms with E-state index in [2.05, 4.69) is 89.9 Å². The predicted octanol–water partition coefficient (Wildman–Crippen LogP) is 5.62. The molecule has 2 N–H and O–H groups in total. The third-order valence-electron chi connectivity index (χ3n) is 16.3. The SMILES string of the molecule is CCC12C=CCN3CCC4(c5cc(C6(C(=O)OC)CC7CN(CCc8c6[nH]c6ccccc86)CC(C)(C)[C@@H]7C)c(OC)cc5N(C)C4C(O)(C(C)=O)C1OC)C32. The van der Waals surface area contributed by atoms with Crippen LogP contribution in [0.15, 0.2) is 48.6 Å². The molecule has 10 heteroatoms. The van der Waals surface area contributed by atoms with Gasteiger partial charge in [0.15, 0.2) is 11.4 Å². The maximum Gasteiger partial charge on any atom is 0.322 e. The van der Waals surface area contributed by atoms with Gasteiger partial charge in [-0.05, 0) is 79.7 Å². The predicted molar refractivity (Wildman–Crippen MR) is 217 cm³/mol. The fourth-order valence-corrected chi connectivity index (χ4v) is 13.7. The van der Waals surface area contributed by atoms with Crippen LogP contribution in [0.25, 0.3) is 10.9 Å². The summed E-state index contributed by atoms with van der Waals surface area (Å²) in [6.07, 6.45) is 6.41. The maximum atomic E-state index is 15.4. The Bertz CT molecular complexity index is 2140. The van der Waals surface area contributed by atoms with E-state index in [9.17, 15) is 9.90 Å². The van der Waals surface area contributed by atoms with Gasteiger partial charge in [0.25, 0.3) is 0 Å². The van der Waals surface area contributed by atoms with Crippen LogP contribution in [-0.4, -0.2) is 117 Å². The number of ether oxygens (including phenoxy) is 3. The van der Waals surface area contributed by atoms with Crippen LogP contribution in [0.4, 0.5) is 5.69 Å². The average molecular weight is 765 g/mol.